The number of ether oxygens (including phenoxy) is 1. The quantitative estimate of drug-likeness (QED) is 0.481. The van der Waals surface area contributed by atoms with Gasteiger partial charge in [-0.2, -0.15) is 4.99 Å². The number of aliphatic imine (C=N–C) groups is 2. The number of esters is 1. The molecule has 0 bridgehead atoms. The number of rotatable bonds is 5. The zero-order valence-electron chi connectivity index (χ0n) is 12.0. The highest BCUT2D eigenvalue weighted by Crippen LogP contribution is 2.11. The van der Waals surface area contributed by atoms with E-state index >= 15 is 0 Å². The Bertz CT molecular complexity index is 720. The maximum atomic E-state index is 11.9. The maximum Gasteiger partial charge on any atom is 0.357 e. The fourth-order valence-electron chi connectivity index (χ4n) is 1.68. The normalized spacial score (nSPS) is 11.0. The average molecular weight is 284 g/mol. The number of imidazole rings is 1. The van der Waals surface area contributed by atoms with E-state index < -0.39 is 5.97 Å². The molecular formula is C15H16N4O2. The third-order valence-electron chi connectivity index (χ3n) is 2.60. The molecule has 0 aliphatic carbocycles. The Morgan fingerprint density at radius 2 is 2.33 bits per heavy atom. The summed E-state index contributed by atoms with van der Waals surface area (Å²) >= 11 is 0. The van der Waals surface area contributed by atoms with Gasteiger partial charge in [0.1, 0.15) is 5.65 Å². The minimum atomic E-state index is -0.498. The van der Waals surface area contributed by atoms with Gasteiger partial charge >= 0.3 is 5.97 Å². The van der Waals surface area contributed by atoms with E-state index in [2.05, 4.69) is 21.0 Å². The summed E-state index contributed by atoms with van der Waals surface area (Å²) in [6, 6.07) is 6.20. The number of pyridine rings is 1. The third-order valence-corrected chi connectivity index (χ3v) is 2.60. The van der Waals surface area contributed by atoms with Gasteiger partial charge in [-0.3, -0.25) is 0 Å². The number of aromatic nitrogens is 2. The van der Waals surface area contributed by atoms with Crippen molar-refractivity contribution in [3.63, 3.8) is 0 Å². The van der Waals surface area contributed by atoms with Crippen LogP contribution < -0.4 is 0 Å². The van der Waals surface area contributed by atoms with E-state index in [1.54, 1.807) is 19.2 Å². The van der Waals surface area contributed by atoms with Gasteiger partial charge in [0.05, 0.1) is 12.6 Å². The van der Waals surface area contributed by atoms with E-state index in [9.17, 15) is 4.79 Å². The van der Waals surface area contributed by atoms with Crippen molar-refractivity contribution in [2.75, 3.05) is 13.2 Å². The van der Waals surface area contributed by atoms with Crippen molar-refractivity contribution >= 4 is 23.7 Å². The molecule has 0 aliphatic heterocycles. The SMILES string of the molecule is CCN=C=N/C(=C/c1ccc2nccn2c1)C(=O)OCC. The molecule has 0 atom stereocenters. The summed E-state index contributed by atoms with van der Waals surface area (Å²) in [6.07, 6.45) is 7.03. The van der Waals surface area contributed by atoms with Gasteiger partial charge in [0.25, 0.3) is 0 Å². The van der Waals surface area contributed by atoms with Gasteiger partial charge in [-0.15, -0.1) is 0 Å². The van der Waals surface area contributed by atoms with Crippen molar-refractivity contribution in [2.45, 2.75) is 13.8 Å². The lowest BCUT2D eigenvalue weighted by atomic mass is 10.2. The highest BCUT2D eigenvalue weighted by molar-refractivity contribution is 5.94. The van der Waals surface area contributed by atoms with E-state index in [0.29, 0.717) is 6.54 Å². The van der Waals surface area contributed by atoms with E-state index in [-0.39, 0.29) is 12.3 Å². The molecule has 0 saturated heterocycles. The molecule has 6 heteroatoms. The van der Waals surface area contributed by atoms with Crippen LogP contribution in [0.25, 0.3) is 11.7 Å². The molecule has 2 rings (SSSR count). The van der Waals surface area contributed by atoms with Crippen LogP contribution >= 0.6 is 0 Å². The smallest absolute Gasteiger partial charge is 0.357 e. The molecular weight excluding hydrogens is 268 g/mol. The van der Waals surface area contributed by atoms with Gasteiger partial charge in [0.15, 0.2) is 5.70 Å². The fraction of sp³-hybridized carbons (Fsp3) is 0.267. The van der Waals surface area contributed by atoms with Crippen molar-refractivity contribution in [1.29, 1.82) is 0 Å². The molecule has 0 aromatic carbocycles. The first-order chi connectivity index (χ1) is 10.2. The van der Waals surface area contributed by atoms with E-state index in [1.165, 1.54) is 0 Å². The van der Waals surface area contributed by atoms with Crippen molar-refractivity contribution in [2.24, 2.45) is 9.98 Å². The van der Waals surface area contributed by atoms with Crippen LogP contribution in [0.2, 0.25) is 0 Å². The van der Waals surface area contributed by atoms with Gasteiger partial charge in [-0.05, 0) is 37.6 Å². The summed E-state index contributed by atoms with van der Waals surface area (Å²) in [4.78, 5) is 23.8. The predicted octanol–water partition coefficient (Wildman–Crippen LogP) is 2.43. The van der Waals surface area contributed by atoms with Crippen LogP contribution in [0.3, 0.4) is 0 Å². The fourth-order valence-corrected chi connectivity index (χ4v) is 1.68. The molecule has 0 spiro atoms. The lowest BCUT2D eigenvalue weighted by molar-refractivity contribution is -0.138. The number of carbonyl (C=O) groups is 1. The summed E-state index contributed by atoms with van der Waals surface area (Å²) < 4.78 is 6.84. The molecule has 0 fully saturated rings. The van der Waals surface area contributed by atoms with Crippen LogP contribution in [-0.2, 0) is 9.53 Å². The molecule has 0 aliphatic rings. The van der Waals surface area contributed by atoms with Gasteiger partial charge in [0, 0.05) is 25.1 Å². The van der Waals surface area contributed by atoms with Gasteiger partial charge in [-0.25, -0.2) is 14.8 Å². The number of hydrogen-bond donors (Lipinski definition) is 0. The molecule has 0 radical (unpaired) electrons. The van der Waals surface area contributed by atoms with E-state index in [0.717, 1.165) is 11.2 Å². The summed E-state index contributed by atoms with van der Waals surface area (Å²) in [5, 5.41) is 0. The monoisotopic (exact) mass is 284 g/mol. The molecule has 0 amide bonds. The Hall–Kier alpha value is -2.72. The van der Waals surface area contributed by atoms with Crippen LogP contribution in [0.4, 0.5) is 0 Å². The van der Waals surface area contributed by atoms with E-state index in [1.807, 2.05) is 35.9 Å². The molecule has 2 aromatic heterocycles. The van der Waals surface area contributed by atoms with Crippen molar-refractivity contribution in [3.8, 4) is 0 Å². The van der Waals surface area contributed by atoms with Gasteiger partial charge in [0.2, 0.25) is 0 Å². The predicted molar refractivity (Wildman–Crippen MR) is 80.2 cm³/mol. The van der Waals surface area contributed by atoms with Gasteiger partial charge in [-0.1, -0.05) is 0 Å². The van der Waals surface area contributed by atoms with E-state index in [4.69, 9.17) is 4.74 Å². The molecule has 0 saturated carbocycles. The molecule has 0 unspecified atom stereocenters. The standard InChI is InChI=1S/C15H16N4O2/c1-3-16-11-18-13(15(20)21-4-2)9-12-5-6-14-17-7-8-19(14)10-12/h5-10H,3-4H2,1-2H3/b13-9+. The van der Waals surface area contributed by atoms with Gasteiger partial charge < -0.3 is 9.14 Å². The van der Waals surface area contributed by atoms with Crippen LogP contribution in [0, 0.1) is 0 Å². The first kappa shape index (κ1) is 14.7. The Morgan fingerprint density at radius 3 is 3.10 bits per heavy atom. The van der Waals surface area contributed by atoms with Crippen molar-refractivity contribution < 1.29 is 9.53 Å². The summed E-state index contributed by atoms with van der Waals surface area (Å²) in [5.74, 6) is -0.498. The molecule has 2 heterocycles. The number of hydrogen-bond acceptors (Lipinski definition) is 5. The summed E-state index contributed by atoms with van der Waals surface area (Å²) in [5.41, 5.74) is 1.81. The van der Waals surface area contributed by atoms with Crippen molar-refractivity contribution in [3.05, 3.63) is 42.0 Å². The topological polar surface area (TPSA) is 68.3 Å². The molecule has 108 valence electrons. The zero-order chi connectivity index (χ0) is 15.1. The molecule has 21 heavy (non-hydrogen) atoms. The number of carbonyl (C=O) groups excluding carboxylic acids is 1. The second-order valence-electron chi connectivity index (χ2n) is 4.09. The Balaban J connectivity index is 2.37. The highest BCUT2D eigenvalue weighted by Gasteiger charge is 2.09. The van der Waals surface area contributed by atoms with Crippen LogP contribution in [0.15, 0.2) is 46.4 Å². The van der Waals surface area contributed by atoms with Crippen LogP contribution in [0.1, 0.15) is 19.4 Å². The first-order valence-corrected chi connectivity index (χ1v) is 6.68. The molecule has 0 N–H and O–H groups in total. The summed E-state index contributed by atoms with van der Waals surface area (Å²) in [6.45, 7) is 4.46. The average Bonchev–Trinajstić information content (AvgIpc) is 2.94. The van der Waals surface area contributed by atoms with Crippen molar-refractivity contribution in [1.82, 2.24) is 9.38 Å². The van der Waals surface area contributed by atoms with Crippen LogP contribution in [-0.4, -0.2) is 34.5 Å². The molecule has 6 nitrogen and oxygen atoms in total. The number of nitrogens with zero attached hydrogens (tertiary/aromatic N) is 4. The largest absolute Gasteiger partial charge is 0.461 e. The number of fused-ring (bicyclic) bond motifs is 1. The Labute approximate surface area is 122 Å². The maximum absolute atomic E-state index is 11.9. The Kier molecular flexibility index (Phi) is 5.01. The Morgan fingerprint density at radius 1 is 1.48 bits per heavy atom. The minimum absolute atomic E-state index is 0.161. The summed E-state index contributed by atoms with van der Waals surface area (Å²) in [7, 11) is 0. The minimum Gasteiger partial charge on any atom is -0.461 e. The zero-order valence-corrected chi connectivity index (χ0v) is 12.0. The lowest BCUT2D eigenvalue weighted by Gasteiger charge is -2.01. The first-order valence-electron chi connectivity index (χ1n) is 6.68. The highest BCUT2D eigenvalue weighted by atomic mass is 16.5. The second kappa shape index (κ2) is 7.17. The second-order valence-corrected chi connectivity index (χ2v) is 4.09. The third kappa shape index (κ3) is 3.87. The van der Waals surface area contributed by atoms with Crippen LogP contribution in [0.5, 0.6) is 0 Å². The molecule has 2 aromatic rings. The lowest BCUT2D eigenvalue weighted by Crippen LogP contribution is -2.06.